The molecule has 160 valence electrons. The van der Waals surface area contributed by atoms with Crippen molar-refractivity contribution in [2.75, 3.05) is 21.2 Å². The van der Waals surface area contributed by atoms with Crippen molar-refractivity contribution in [2.24, 2.45) is 0 Å². The quantitative estimate of drug-likeness (QED) is 0.793. The Bertz CT molecular complexity index is 957. The molecule has 0 spiro atoms. The van der Waals surface area contributed by atoms with Crippen molar-refractivity contribution in [3.63, 3.8) is 0 Å². The average molecular weight is 412 g/mol. The molecule has 1 aromatic carbocycles. The van der Waals surface area contributed by atoms with Gasteiger partial charge in [-0.25, -0.2) is 0 Å². The highest BCUT2D eigenvalue weighted by molar-refractivity contribution is 5.95. The molecule has 1 aliphatic rings. The van der Waals surface area contributed by atoms with Gasteiger partial charge < -0.3 is 19.5 Å². The number of hydrogen-bond donors (Lipinski definition) is 1. The van der Waals surface area contributed by atoms with Crippen LogP contribution in [0.25, 0.3) is 11.1 Å². The molecular formula is C23H29N3O4. The largest absolute Gasteiger partial charge is 0.497 e. The van der Waals surface area contributed by atoms with Crippen LogP contribution in [0, 0.1) is 0 Å². The van der Waals surface area contributed by atoms with Crippen molar-refractivity contribution in [3.8, 4) is 16.9 Å². The van der Waals surface area contributed by atoms with Crippen molar-refractivity contribution in [2.45, 2.75) is 44.7 Å². The molecule has 0 aliphatic heterocycles. The van der Waals surface area contributed by atoms with Crippen molar-refractivity contribution < 1.29 is 14.3 Å². The van der Waals surface area contributed by atoms with E-state index >= 15 is 0 Å². The molecule has 0 bridgehead atoms. The molecule has 30 heavy (non-hydrogen) atoms. The standard InChI is InChI=1S/C23H29N3O4/c1-25(2)22(28)17-13-20(16-9-11-19(30-3)12-10-16)23(29)26(14-17)15-21(27)24-18-7-5-4-6-8-18/h9-14,18H,4-8,15H2,1-3H3,(H,24,27). The number of pyridine rings is 1. The molecule has 2 amide bonds. The van der Waals surface area contributed by atoms with Crippen molar-refractivity contribution in [1.82, 2.24) is 14.8 Å². The molecule has 0 unspecified atom stereocenters. The van der Waals surface area contributed by atoms with Crippen LogP contribution in [0.2, 0.25) is 0 Å². The molecule has 1 fully saturated rings. The Balaban J connectivity index is 1.94. The van der Waals surface area contributed by atoms with Crippen LogP contribution in [0.15, 0.2) is 41.3 Å². The summed E-state index contributed by atoms with van der Waals surface area (Å²) in [5.74, 6) is 0.233. The van der Waals surface area contributed by atoms with Crippen LogP contribution in [-0.2, 0) is 11.3 Å². The van der Waals surface area contributed by atoms with Gasteiger partial charge in [-0.2, -0.15) is 0 Å². The van der Waals surface area contributed by atoms with E-state index in [1.54, 1.807) is 51.5 Å². The van der Waals surface area contributed by atoms with E-state index in [4.69, 9.17) is 4.74 Å². The molecule has 1 aromatic heterocycles. The van der Waals surface area contributed by atoms with E-state index in [0.717, 1.165) is 25.7 Å². The summed E-state index contributed by atoms with van der Waals surface area (Å²) in [6.45, 7) is -0.118. The first-order chi connectivity index (χ1) is 14.4. The van der Waals surface area contributed by atoms with Gasteiger partial charge in [-0.15, -0.1) is 0 Å². The van der Waals surface area contributed by atoms with Crippen LogP contribution < -0.4 is 15.6 Å². The molecule has 1 aliphatic carbocycles. The zero-order valence-electron chi connectivity index (χ0n) is 17.8. The molecule has 2 aromatic rings. The topological polar surface area (TPSA) is 80.6 Å². The predicted molar refractivity (Wildman–Crippen MR) is 116 cm³/mol. The maximum Gasteiger partial charge on any atom is 0.258 e. The molecule has 0 radical (unpaired) electrons. The Labute approximate surface area is 176 Å². The van der Waals surface area contributed by atoms with Crippen LogP contribution in [0.5, 0.6) is 5.75 Å². The second-order valence-electron chi connectivity index (χ2n) is 7.91. The third-order valence-electron chi connectivity index (χ3n) is 5.42. The van der Waals surface area contributed by atoms with E-state index in [0.29, 0.717) is 22.4 Å². The van der Waals surface area contributed by atoms with Gasteiger partial charge in [0, 0.05) is 31.9 Å². The maximum absolute atomic E-state index is 13.1. The molecule has 1 heterocycles. The van der Waals surface area contributed by atoms with E-state index in [1.165, 1.54) is 22.1 Å². The van der Waals surface area contributed by atoms with Gasteiger partial charge in [-0.1, -0.05) is 31.4 Å². The van der Waals surface area contributed by atoms with Crippen molar-refractivity contribution in [1.29, 1.82) is 0 Å². The number of nitrogens with one attached hydrogen (secondary N) is 1. The van der Waals surface area contributed by atoms with Crippen LogP contribution >= 0.6 is 0 Å². The summed E-state index contributed by atoms with van der Waals surface area (Å²) >= 11 is 0. The Morgan fingerprint density at radius 2 is 1.80 bits per heavy atom. The first-order valence-electron chi connectivity index (χ1n) is 10.3. The fourth-order valence-electron chi connectivity index (χ4n) is 3.78. The summed E-state index contributed by atoms with van der Waals surface area (Å²) in [7, 11) is 4.88. The predicted octanol–water partition coefficient (Wildman–Crippen LogP) is 2.67. The van der Waals surface area contributed by atoms with Crippen LogP contribution in [0.3, 0.4) is 0 Å². The Kier molecular flexibility index (Phi) is 6.92. The number of carbonyl (C=O) groups is 2. The van der Waals surface area contributed by atoms with E-state index in [-0.39, 0.29) is 30.0 Å². The number of methoxy groups -OCH3 is 1. The lowest BCUT2D eigenvalue weighted by Gasteiger charge is -2.23. The number of aromatic nitrogens is 1. The lowest BCUT2D eigenvalue weighted by atomic mass is 9.95. The van der Waals surface area contributed by atoms with Gasteiger partial charge in [-0.05, 0) is 36.6 Å². The number of benzene rings is 1. The summed E-state index contributed by atoms with van der Waals surface area (Å²) < 4.78 is 6.51. The Morgan fingerprint density at radius 3 is 2.40 bits per heavy atom. The molecule has 7 heteroatoms. The average Bonchev–Trinajstić information content (AvgIpc) is 2.75. The molecule has 7 nitrogen and oxygen atoms in total. The van der Waals surface area contributed by atoms with Gasteiger partial charge in [0.2, 0.25) is 5.91 Å². The minimum Gasteiger partial charge on any atom is -0.497 e. The van der Waals surface area contributed by atoms with Gasteiger partial charge >= 0.3 is 0 Å². The van der Waals surface area contributed by atoms with Crippen LogP contribution in [-0.4, -0.2) is 48.5 Å². The normalized spacial score (nSPS) is 14.2. The number of hydrogen-bond acceptors (Lipinski definition) is 4. The fourth-order valence-corrected chi connectivity index (χ4v) is 3.78. The highest BCUT2D eigenvalue weighted by atomic mass is 16.5. The Hall–Kier alpha value is -3.09. The summed E-state index contributed by atoms with van der Waals surface area (Å²) in [5.41, 5.74) is 1.08. The lowest BCUT2D eigenvalue weighted by molar-refractivity contribution is -0.122. The zero-order valence-corrected chi connectivity index (χ0v) is 17.8. The van der Waals surface area contributed by atoms with E-state index in [1.807, 2.05) is 0 Å². The summed E-state index contributed by atoms with van der Waals surface area (Å²) in [4.78, 5) is 39.8. The third kappa shape index (κ3) is 5.09. The number of ether oxygens (including phenoxy) is 1. The van der Waals surface area contributed by atoms with Gasteiger partial charge in [-0.3, -0.25) is 14.4 Å². The third-order valence-corrected chi connectivity index (χ3v) is 5.42. The monoisotopic (exact) mass is 411 g/mol. The van der Waals surface area contributed by atoms with Gasteiger partial charge in [0.1, 0.15) is 12.3 Å². The molecule has 1 N–H and O–H groups in total. The van der Waals surface area contributed by atoms with Crippen LogP contribution in [0.4, 0.5) is 0 Å². The zero-order chi connectivity index (χ0) is 21.7. The first kappa shape index (κ1) is 21.6. The second-order valence-corrected chi connectivity index (χ2v) is 7.91. The summed E-state index contributed by atoms with van der Waals surface area (Å²) in [6.07, 6.45) is 6.83. The number of carbonyl (C=O) groups excluding carboxylic acids is 2. The van der Waals surface area contributed by atoms with E-state index in [9.17, 15) is 14.4 Å². The molecule has 0 saturated heterocycles. The first-order valence-corrected chi connectivity index (χ1v) is 10.3. The van der Waals surface area contributed by atoms with Gasteiger partial charge in [0.05, 0.1) is 12.7 Å². The van der Waals surface area contributed by atoms with Crippen LogP contribution in [0.1, 0.15) is 42.5 Å². The SMILES string of the molecule is COc1ccc(-c2cc(C(=O)N(C)C)cn(CC(=O)NC3CCCCC3)c2=O)cc1. The number of amides is 2. The summed E-state index contributed by atoms with van der Waals surface area (Å²) in [5, 5.41) is 3.03. The van der Waals surface area contributed by atoms with E-state index < -0.39 is 0 Å². The summed E-state index contributed by atoms with van der Waals surface area (Å²) in [6, 6.07) is 8.81. The van der Waals surface area contributed by atoms with Gasteiger partial charge in [0.15, 0.2) is 0 Å². The highest BCUT2D eigenvalue weighted by Gasteiger charge is 2.19. The second kappa shape index (κ2) is 9.61. The lowest BCUT2D eigenvalue weighted by Crippen LogP contribution is -2.40. The van der Waals surface area contributed by atoms with Crippen molar-refractivity contribution >= 4 is 11.8 Å². The van der Waals surface area contributed by atoms with Gasteiger partial charge in [0.25, 0.3) is 11.5 Å². The molecule has 1 saturated carbocycles. The minimum absolute atomic E-state index is 0.118. The van der Waals surface area contributed by atoms with Crippen molar-refractivity contribution in [3.05, 3.63) is 52.4 Å². The molecule has 3 rings (SSSR count). The molecular weight excluding hydrogens is 382 g/mol. The Morgan fingerprint density at radius 1 is 1.13 bits per heavy atom. The number of rotatable bonds is 6. The fraction of sp³-hybridized carbons (Fsp3) is 0.435. The smallest absolute Gasteiger partial charge is 0.258 e. The highest BCUT2D eigenvalue weighted by Crippen LogP contribution is 2.21. The maximum atomic E-state index is 13.1. The number of nitrogens with zero attached hydrogens (tertiary/aromatic N) is 2. The minimum atomic E-state index is -0.311. The molecule has 0 atom stereocenters. The van der Waals surface area contributed by atoms with E-state index in [2.05, 4.69) is 5.32 Å².